The van der Waals surface area contributed by atoms with Crippen molar-refractivity contribution in [1.82, 2.24) is 5.32 Å². The van der Waals surface area contributed by atoms with Gasteiger partial charge in [0.1, 0.15) is 0 Å². The lowest BCUT2D eigenvalue weighted by molar-refractivity contribution is -0.143. The molecule has 0 spiro atoms. The van der Waals surface area contributed by atoms with Crippen LogP contribution in [0.4, 0.5) is 0 Å². The third-order valence-electron chi connectivity index (χ3n) is 3.29. The summed E-state index contributed by atoms with van der Waals surface area (Å²) in [6, 6.07) is 0.265. The molecule has 1 aliphatic carbocycles. The van der Waals surface area contributed by atoms with Crippen molar-refractivity contribution < 1.29 is 15.0 Å². The lowest BCUT2D eigenvalue weighted by Gasteiger charge is -2.28. The molecular formula is C12H23NO3. The van der Waals surface area contributed by atoms with Crippen LogP contribution >= 0.6 is 0 Å². The van der Waals surface area contributed by atoms with Gasteiger partial charge in [-0.1, -0.05) is 19.8 Å². The highest BCUT2D eigenvalue weighted by Crippen LogP contribution is 2.24. The molecule has 0 aromatic heterocycles. The van der Waals surface area contributed by atoms with Crippen LogP contribution in [0.3, 0.4) is 0 Å². The number of hydrogen-bond donors (Lipinski definition) is 3. The predicted molar refractivity (Wildman–Crippen MR) is 62.3 cm³/mol. The summed E-state index contributed by atoms with van der Waals surface area (Å²) in [6.07, 6.45) is 4.99. The van der Waals surface area contributed by atoms with E-state index in [1.54, 1.807) is 0 Å². The third kappa shape index (κ3) is 4.49. The van der Waals surface area contributed by atoms with E-state index in [2.05, 4.69) is 5.32 Å². The van der Waals surface area contributed by atoms with Crippen LogP contribution in [0.5, 0.6) is 0 Å². The number of carboxylic acids is 1. The average Bonchev–Trinajstić information content (AvgIpc) is 2.27. The second-order valence-corrected chi connectivity index (χ2v) is 4.75. The zero-order chi connectivity index (χ0) is 12.0. The van der Waals surface area contributed by atoms with Gasteiger partial charge in [0.15, 0.2) is 0 Å². The van der Waals surface area contributed by atoms with Gasteiger partial charge in [0.2, 0.25) is 0 Å². The Balaban J connectivity index is 2.24. The molecule has 3 atom stereocenters. The standard InChI is InChI=1S/C12H23NO3/c1-2-4-11(14)8-13-10-6-3-5-9(7-10)12(15)16/h9-11,13-14H,2-8H2,1H3,(H,15,16). The Bertz CT molecular complexity index is 220. The first kappa shape index (κ1) is 13.5. The molecule has 16 heavy (non-hydrogen) atoms. The highest BCUT2D eigenvalue weighted by atomic mass is 16.4. The van der Waals surface area contributed by atoms with Crippen LogP contribution in [0.15, 0.2) is 0 Å². The largest absolute Gasteiger partial charge is 0.481 e. The van der Waals surface area contributed by atoms with Gasteiger partial charge in [-0.3, -0.25) is 4.79 Å². The van der Waals surface area contributed by atoms with E-state index in [4.69, 9.17) is 5.11 Å². The lowest BCUT2D eigenvalue weighted by atomic mass is 9.86. The fraction of sp³-hybridized carbons (Fsp3) is 0.917. The summed E-state index contributed by atoms with van der Waals surface area (Å²) in [5.74, 6) is -0.879. The van der Waals surface area contributed by atoms with Crippen molar-refractivity contribution in [3.63, 3.8) is 0 Å². The Kier molecular flexibility index (Phi) is 5.77. The van der Waals surface area contributed by atoms with Crippen LogP contribution in [0.25, 0.3) is 0 Å². The van der Waals surface area contributed by atoms with E-state index in [1.807, 2.05) is 6.92 Å². The first-order chi connectivity index (χ1) is 7.63. The second kappa shape index (κ2) is 6.86. The van der Waals surface area contributed by atoms with Gasteiger partial charge in [0, 0.05) is 12.6 Å². The Hall–Kier alpha value is -0.610. The number of aliphatic carboxylic acids is 1. The zero-order valence-electron chi connectivity index (χ0n) is 9.98. The van der Waals surface area contributed by atoms with Crippen LogP contribution in [0, 0.1) is 5.92 Å². The highest BCUT2D eigenvalue weighted by Gasteiger charge is 2.26. The van der Waals surface area contributed by atoms with Crippen molar-refractivity contribution in [2.45, 2.75) is 57.6 Å². The summed E-state index contributed by atoms with van der Waals surface area (Å²) in [6.45, 7) is 2.63. The minimum atomic E-state index is -0.680. The maximum absolute atomic E-state index is 10.9. The van der Waals surface area contributed by atoms with E-state index < -0.39 is 5.97 Å². The Morgan fingerprint density at radius 1 is 1.50 bits per heavy atom. The fourth-order valence-electron chi connectivity index (χ4n) is 2.34. The van der Waals surface area contributed by atoms with Crippen LogP contribution < -0.4 is 5.32 Å². The van der Waals surface area contributed by atoms with Crippen molar-refractivity contribution >= 4 is 5.97 Å². The average molecular weight is 229 g/mol. The molecule has 3 unspecified atom stereocenters. The molecule has 1 aliphatic rings. The number of rotatable bonds is 6. The van der Waals surface area contributed by atoms with E-state index in [0.29, 0.717) is 13.0 Å². The summed E-state index contributed by atoms with van der Waals surface area (Å²) >= 11 is 0. The summed E-state index contributed by atoms with van der Waals surface area (Å²) in [5, 5.41) is 21.8. The van der Waals surface area contributed by atoms with Crippen molar-refractivity contribution in [2.75, 3.05) is 6.54 Å². The molecule has 3 N–H and O–H groups in total. The monoisotopic (exact) mass is 229 g/mol. The van der Waals surface area contributed by atoms with E-state index in [0.717, 1.165) is 32.1 Å². The number of aliphatic hydroxyl groups excluding tert-OH is 1. The smallest absolute Gasteiger partial charge is 0.306 e. The molecule has 0 amide bonds. The normalized spacial score (nSPS) is 27.6. The van der Waals surface area contributed by atoms with Crippen molar-refractivity contribution in [3.05, 3.63) is 0 Å². The summed E-state index contributed by atoms with van der Waals surface area (Å²) in [4.78, 5) is 10.9. The molecular weight excluding hydrogens is 206 g/mol. The SMILES string of the molecule is CCCC(O)CNC1CCCC(C(=O)O)C1. The van der Waals surface area contributed by atoms with Gasteiger partial charge in [-0.15, -0.1) is 0 Å². The second-order valence-electron chi connectivity index (χ2n) is 4.75. The topological polar surface area (TPSA) is 69.6 Å². The molecule has 0 aromatic carbocycles. The van der Waals surface area contributed by atoms with Gasteiger partial charge >= 0.3 is 5.97 Å². The van der Waals surface area contributed by atoms with E-state index in [-0.39, 0.29) is 18.1 Å². The number of aliphatic hydroxyl groups is 1. The Morgan fingerprint density at radius 3 is 2.88 bits per heavy atom. The van der Waals surface area contributed by atoms with Gasteiger partial charge < -0.3 is 15.5 Å². The van der Waals surface area contributed by atoms with Crippen LogP contribution in [-0.2, 0) is 4.79 Å². The van der Waals surface area contributed by atoms with Crippen LogP contribution in [-0.4, -0.2) is 34.9 Å². The fourth-order valence-corrected chi connectivity index (χ4v) is 2.34. The number of carbonyl (C=O) groups is 1. The minimum Gasteiger partial charge on any atom is -0.481 e. The first-order valence-electron chi connectivity index (χ1n) is 6.27. The van der Waals surface area contributed by atoms with E-state index in [1.165, 1.54) is 0 Å². The maximum Gasteiger partial charge on any atom is 0.306 e. The third-order valence-corrected chi connectivity index (χ3v) is 3.29. The van der Waals surface area contributed by atoms with Crippen LogP contribution in [0.2, 0.25) is 0 Å². The summed E-state index contributed by atoms with van der Waals surface area (Å²) in [7, 11) is 0. The van der Waals surface area contributed by atoms with E-state index >= 15 is 0 Å². The summed E-state index contributed by atoms with van der Waals surface area (Å²) in [5.41, 5.74) is 0. The lowest BCUT2D eigenvalue weighted by Crippen LogP contribution is -2.40. The Morgan fingerprint density at radius 2 is 2.25 bits per heavy atom. The first-order valence-corrected chi connectivity index (χ1v) is 6.27. The molecule has 0 bridgehead atoms. The molecule has 0 aromatic rings. The number of hydrogen-bond acceptors (Lipinski definition) is 3. The summed E-state index contributed by atoms with van der Waals surface area (Å²) < 4.78 is 0. The van der Waals surface area contributed by atoms with Crippen molar-refractivity contribution in [1.29, 1.82) is 0 Å². The Labute approximate surface area is 97.0 Å². The number of nitrogens with one attached hydrogen (secondary N) is 1. The molecule has 1 fully saturated rings. The number of carboxylic acid groups (broad SMARTS) is 1. The molecule has 4 nitrogen and oxygen atoms in total. The molecule has 1 rings (SSSR count). The van der Waals surface area contributed by atoms with Gasteiger partial charge in [-0.05, 0) is 25.7 Å². The van der Waals surface area contributed by atoms with Crippen molar-refractivity contribution in [3.8, 4) is 0 Å². The van der Waals surface area contributed by atoms with Crippen molar-refractivity contribution in [2.24, 2.45) is 5.92 Å². The van der Waals surface area contributed by atoms with E-state index in [9.17, 15) is 9.90 Å². The molecule has 0 saturated heterocycles. The van der Waals surface area contributed by atoms with Gasteiger partial charge in [-0.25, -0.2) is 0 Å². The highest BCUT2D eigenvalue weighted by molar-refractivity contribution is 5.70. The molecule has 0 heterocycles. The quantitative estimate of drug-likeness (QED) is 0.643. The molecule has 1 saturated carbocycles. The van der Waals surface area contributed by atoms with Crippen LogP contribution in [0.1, 0.15) is 45.4 Å². The van der Waals surface area contributed by atoms with Gasteiger partial charge in [0.25, 0.3) is 0 Å². The molecule has 94 valence electrons. The minimum absolute atomic E-state index is 0.199. The molecule has 0 radical (unpaired) electrons. The molecule has 0 aliphatic heterocycles. The molecule has 4 heteroatoms. The predicted octanol–water partition coefficient (Wildman–Crippen LogP) is 1.38. The zero-order valence-corrected chi connectivity index (χ0v) is 9.98. The van der Waals surface area contributed by atoms with Gasteiger partial charge in [-0.2, -0.15) is 0 Å². The maximum atomic E-state index is 10.9. The van der Waals surface area contributed by atoms with Gasteiger partial charge in [0.05, 0.1) is 12.0 Å².